The fourth-order valence-corrected chi connectivity index (χ4v) is 4.31. The van der Waals surface area contributed by atoms with E-state index < -0.39 is 0 Å². The molecule has 32 heavy (non-hydrogen) atoms. The molecule has 3 aromatic rings. The third kappa shape index (κ3) is 6.67. The van der Waals surface area contributed by atoms with Gasteiger partial charge in [0.2, 0.25) is 0 Å². The highest BCUT2D eigenvalue weighted by molar-refractivity contribution is 5.89. The number of phenols is 1. The van der Waals surface area contributed by atoms with E-state index in [0.29, 0.717) is 5.75 Å². The first-order valence-electron chi connectivity index (χ1n) is 11.7. The van der Waals surface area contributed by atoms with Crippen LogP contribution in [0.2, 0.25) is 0 Å². The van der Waals surface area contributed by atoms with Crippen molar-refractivity contribution in [3.8, 4) is 5.75 Å². The number of rotatable bonds is 5. The van der Waals surface area contributed by atoms with Gasteiger partial charge in [-0.3, -0.25) is 0 Å². The van der Waals surface area contributed by atoms with E-state index in [1.165, 1.54) is 31.2 Å². The second-order valence-corrected chi connectivity index (χ2v) is 9.39. The third-order valence-electron chi connectivity index (χ3n) is 6.24. The first-order valence-corrected chi connectivity index (χ1v) is 11.7. The van der Waals surface area contributed by atoms with E-state index in [9.17, 15) is 5.11 Å². The topological polar surface area (TPSA) is 61.3 Å². The number of aromatic nitrogens is 2. The number of fused-ring (bicyclic) bond motifs is 1. The Morgan fingerprint density at radius 2 is 1.72 bits per heavy atom. The zero-order valence-corrected chi connectivity index (χ0v) is 20.2. The maximum atomic E-state index is 9.77. The van der Waals surface area contributed by atoms with Gasteiger partial charge in [-0.2, -0.15) is 0 Å². The highest BCUT2D eigenvalue weighted by Crippen LogP contribution is 2.28. The first-order chi connectivity index (χ1) is 15.3. The molecule has 0 saturated heterocycles. The van der Waals surface area contributed by atoms with Crippen molar-refractivity contribution in [1.29, 1.82) is 0 Å². The highest BCUT2D eigenvalue weighted by Gasteiger charge is 2.17. The number of phenolic OH excluding ortho intramolecular Hbond substituents is 1. The van der Waals surface area contributed by atoms with Gasteiger partial charge in [-0.25, -0.2) is 9.97 Å². The molecule has 172 valence electrons. The molecule has 2 N–H and O–H groups in total. The van der Waals surface area contributed by atoms with Crippen LogP contribution in [0.25, 0.3) is 10.9 Å². The van der Waals surface area contributed by atoms with E-state index in [2.05, 4.69) is 35.2 Å². The maximum absolute atomic E-state index is 9.77. The monoisotopic (exact) mass is 434 g/mol. The van der Waals surface area contributed by atoms with Crippen LogP contribution in [-0.4, -0.2) is 35.7 Å². The second-order valence-electron chi connectivity index (χ2n) is 9.39. The maximum Gasteiger partial charge on any atom is 0.139 e. The summed E-state index contributed by atoms with van der Waals surface area (Å²) < 4.78 is 0. The van der Waals surface area contributed by atoms with Crippen LogP contribution in [0.5, 0.6) is 5.75 Å². The van der Waals surface area contributed by atoms with E-state index in [-0.39, 0.29) is 0 Å². The normalized spacial score (nSPS) is 18.2. The minimum atomic E-state index is 0.408. The number of benzene rings is 2. The lowest BCUT2D eigenvalue weighted by Gasteiger charge is -2.26. The molecule has 0 aliphatic heterocycles. The summed E-state index contributed by atoms with van der Waals surface area (Å²) in [6, 6.07) is 13.9. The van der Waals surface area contributed by atoms with Gasteiger partial charge in [0.15, 0.2) is 0 Å². The van der Waals surface area contributed by atoms with E-state index in [4.69, 9.17) is 0 Å². The molecule has 5 nitrogen and oxygen atoms in total. The fourth-order valence-electron chi connectivity index (χ4n) is 4.31. The van der Waals surface area contributed by atoms with Crippen LogP contribution < -0.4 is 10.2 Å². The van der Waals surface area contributed by atoms with Gasteiger partial charge in [0.25, 0.3) is 0 Å². The number of anilines is 1. The van der Waals surface area contributed by atoms with Crippen molar-refractivity contribution in [2.45, 2.75) is 53.0 Å². The Balaban J connectivity index is 0.000000186. The summed E-state index contributed by atoms with van der Waals surface area (Å²) >= 11 is 0. The van der Waals surface area contributed by atoms with Crippen molar-refractivity contribution in [2.24, 2.45) is 11.8 Å². The molecule has 0 spiro atoms. The van der Waals surface area contributed by atoms with Crippen LogP contribution in [-0.2, 0) is 6.54 Å². The smallest absolute Gasteiger partial charge is 0.139 e. The van der Waals surface area contributed by atoms with Crippen LogP contribution in [0.1, 0.15) is 49.6 Å². The summed E-state index contributed by atoms with van der Waals surface area (Å²) in [7, 11) is 3.99. The molecule has 4 rings (SSSR count). The molecule has 0 atom stereocenters. The molecule has 1 aromatic heterocycles. The molecular formula is C27H38N4O. The number of hydrogen-bond donors (Lipinski definition) is 2. The largest absolute Gasteiger partial charge is 0.508 e. The summed E-state index contributed by atoms with van der Waals surface area (Å²) in [5.41, 5.74) is 3.22. The number of para-hydroxylation sites is 1. The minimum Gasteiger partial charge on any atom is -0.508 e. The zero-order valence-electron chi connectivity index (χ0n) is 20.2. The average Bonchev–Trinajstić information content (AvgIpc) is 2.77. The Kier molecular flexibility index (Phi) is 8.46. The summed E-state index contributed by atoms with van der Waals surface area (Å²) in [5, 5.41) is 14.4. The van der Waals surface area contributed by atoms with Gasteiger partial charge in [0, 0.05) is 31.6 Å². The lowest BCUT2D eigenvalue weighted by atomic mass is 9.83. The van der Waals surface area contributed by atoms with Crippen LogP contribution in [0.15, 0.2) is 42.5 Å². The van der Waals surface area contributed by atoms with Gasteiger partial charge >= 0.3 is 0 Å². The molecule has 0 bridgehead atoms. The van der Waals surface area contributed by atoms with Crippen molar-refractivity contribution in [2.75, 3.05) is 25.5 Å². The van der Waals surface area contributed by atoms with E-state index in [1.54, 1.807) is 6.07 Å². The quantitative estimate of drug-likeness (QED) is 0.546. The molecule has 0 amide bonds. The van der Waals surface area contributed by atoms with E-state index in [0.717, 1.165) is 53.0 Å². The van der Waals surface area contributed by atoms with Crippen LogP contribution in [0.3, 0.4) is 0 Å². The summed E-state index contributed by atoms with van der Waals surface area (Å²) in [6.45, 7) is 8.19. The molecule has 1 fully saturated rings. The van der Waals surface area contributed by atoms with Crippen LogP contribution in [0, 0.1) is 25.7 Å². The second kappa shape index (κ2) is 11.3. The minimum absolute atomic E-state index is 0.408. The predicted molar refractivity (Wildman–Crippen MR) is 134 cm³/mol. The highest BCUT2D eigenvalue weighted by atomic mass is 16.3. The predicted octanol–water partition coefficient (Wildman–Crippen LogP) is 5.62. The van der Waals surface area contributed by atoms with Gasteiger partial charge in [-0.15, -0.1) is 0 Å². The number of hydrogen-bond acceptors (Lipinski definition) is 5. The SMILES string of the molecule is Cc1ccc(O)c(CNCC2CCC(C)CC2)c1.Cc1nc(N(C)C)c2ccccc2n1. The third-order valence-corrected chi connectivity index (χ3v) is 6.24. The summed E-state index contributed by atoms with van der Waals surface area (Å²) in [6.07, 6.45) is 5.46. The Morgan fingerprint density at radius 3 is 2.44 bits per heavy atom. The molecule has 1 saturated carbocycles. The zero-order chi connectivity index (χ0) is 23.1. The van der Waals surface area contributed by atoms with Crippen LogP contribution in [0.4, 0.5) is 5.82 Å². The van der Waals surface area contributed by atoms with Crippen molar-refractivity contribution < 1.29 is 5.11 Å². The lowest BCUT2D eigenvalue weighted by Crippen LogP contribution is -2.25. The molecule has 0 unspecified atom stereocenters. The van der Waals surface area contributed by atoms with Crippen molar-refractivity contribution in [3.63, 3.8) is 0 Å². The van der Waals surface area contributed by atoms with Gasteiger partial charge in [-0.1, -0.05) is 49.6 Å². The molecule has 1 heterocycles. The Hall–Kier alpha value is -2.66. The molecule has 5 heteroatoms. The van der Waals surface area contributed by atoms with Gasteiger partial charge in [0.05, 0.1) is 5.52 Å². The Bertz CT molecular complexity index is 1010. The van der Waals surface area contributed by atoms with Crippen molar-refractivity contribution in [1.82, 2.24) is 15.3 Å². The Labute approximate surface area is 192 Å². The Morgan fingerprint density at radius 1 is 1.00 bits per heavy atom. The number of aryl methyl sites for hydroxylation is 2. The molecule has 2 aromatic carbocycles. The van der Waals surface area contributed by atoms with Gasteiger partial charge < -0.3 is 15.3 Å². The van der Waals surface area contributed by atoms with E-state index >= 15 is 0 Å². The summed E-state index contributed by atoms with van der Waals surface area (Å²) in [4.78, 5) is 10.8. The van der Waals surface area contributed by atoms with Crippen molar-refractivity contribution >= 4 is 16.7 Å². The first kappa shape index (κ1) is 24.0. The number of nitrogens with zero attached hydrogens (tertiary/aromatic N) is 3. The standard InChI is InChI=1S/C16H25NO.C11H13N3/c1-12-3-6-14(7-4-12)10-17-11-15-9-13(2)5-8-16(15)18;1-8-12-10-7-5-4-6-9(10)11(13-8)14(2)3/h5,8-9,12,14,17-18H,3-4,6-7,10-11H2,1-2H3;4-7H,1-3H3. The van der Waals surface area contributed by atoms with Gasteiger partial charge in [-0.05, 0) is 63.3 Å². The average molecular weight is 435 g/mol. The van der Waals surface area contributed by atoms with Crippen LogP contribution >= 0.6 is 0 Å². The van der Waals surface area contributed by atoms with Gasteiger partial charge in [0.1, 0.15) is 17.4 Å². The number of nitrogens with one attached hydrogen (secondary N) is 1. The fraction of sp³-hybridized carbons (Fsp3) is 0.481. The van der Waals surface area contributed by atoms with E-state index in [1.807, 2.05) is 56.3 Å². The lowest BCUT2D eigenvalue weighted by molar-refractivity contribution is 0.281. The molecule has 1 aliphatic rings. The molecule has 0 radical (unpaired) electrons. The molecule has 1 aliphatic carbocycles. The van der Waals surface area contributed by atoms with Crippen molar-refractivity contribution in [3.05, 3.63) is 59.4 Å². The molecular weight excluding hydrogens is 396 g/mol. The summed E-state index contributed by atoms with van der Waals surface area (Å²) in [5.74, 6) is 3.95. The number of aromatic hydroxyl groups is 1.